The van der Waals surface area contributed by atoms with E-state index < -0.39 is 5.97 Å². The lowest BCUT2D eigenvalue weighted by molar-refractivity contribution is -0.136. The highest BCUT2D eigenvalue weighted by atomic mass is 16.4. The Balaban J connectivity index is 1.54. The molecule has 1 fully saturated rings. The molecule has 0 bridgehead atoms. The molecule has 170 valence electrons. The molecule has 0 saturated carbocycles. The number of nitrogens with zero attached hydrogens (tertiary/aromatic N) is 1. The lowest BCUT2D eigenvalue weighted by atomic mass is 9.96. The summed E-state index contributed by atoms with van der Waals surface area (Å²) in [4.78, 5) is 26.8. The second-order valence-electron chi connectivity index (χ2n) is 8.31. The molecular formula is C27H29N3O3. The minimum absolute atomic E-state index is 0.0269. The summed E-state index contributed by atoms with van der Waals surface area (Å²) >= 11 is 0. The average Bonchev–Trinajstić information content (AvgIpc) is 3.29. The standard InChI is InChI=1S/C27H29N3O3/c31-25(32)18-28-26(21-12-5-2-6-13-21)22-14-7-8-15-23(22)29-27(33)24-16-9-17-30(24)19-20-10-3-1-4-11-20/h1-8,10-15,24,26,28H,9,16-19H2,(H,29,33)(H,31,32)/t24?,26-/m0/s1. The van der Waals surface area contributed by atoms with E-state index in [4.69, 9.17) is 0 Å². The molecular weight excluding hydrogens is 414 g/mol. The Morgan fingerprint density at radius 3 is 2.33 bits per heavy atom. The Morgan fingerprint density at radius 2 is 1.61 bits per heavy atom. The third-order valence-corrected chi connectivity index (χ3v) is 6.01. The zero-order valence-corrected chi connectivity index (χ0v) is 18.5. The van der Waals surface area contributed by atoms with Crippen molar-refractivity contribution in [2.75, 3.05) is 18.4 Å². The molecule has 1 aliphatic heterocycles. The molecule has 3 aromatic carbocycles. The lowest BCUT2D eigenvalue weighted by Gasteiger charge is -2.26. The Bertz CT molecular complexity index is 1070. The highest BCUT2D eigenvalue weighted by Gasteiger charge is 2.31. The number of amides is 1. The number of carbonyl (C=O) groups is 2. The molecule has 6 nitrogen and oxygen atoms in total. The van der Waals surface area contributed by atoms with Gasteiger partial charge >= 0.3 is 5.97 Å². The van der Waals surface area contributed by atoms with E-state index in [-0.39, 0.29) is 24.5 Å². The van der Waals surface area contributed by atoms with Gasteiger partial charge in [0.15, 0.2) is 0 Å². The van der Waals surface area contributed by atoms with Crippen molar-refractivity contribution in [3.63, 3.8) is 0 Å². The van der Waals surface area contributed by atoms with Gasteiger partial charge in [0.2, 0.25) is 5.91 Å². The van der Waals surface area contributed by atoms with E-state index in [0.29, 0.717) is 5.69 Å². The minimum Gasteiger partial charge on any atom is -0.480 e. The van der Waals surface area contributed by atoms with Crippen molar-refractivity contribution in [1.82, 2.24) is 10.2 Å². The van der Waals surface area contributed by atoms with Crippen LogP contribution in [0.15, 0.2) is 84.9 Å². The van der Waals surface area contributed by atoms with Gasteiger partial charge in [-0.15, -0.1) is 0 Å². The number of aliphatic carboxylic acids is 1. The molecule has 1 amide bonds. The summed E-state index contributed by atoms with van der Waals surface area (Å²) in [6, 6.07) is 26.9. The molecule has 2 atom stereocenters. The second kappa shape index (κ2) is 10.9. The van der Waals surface area contributed by atoms with Crippen LogP contribution in [-0.2, 0) is 16.1 Å². The van der Waals surface area contributed by atoms with Crippen LogP contribution >= 0.6 is 0 Å². The van der Waals surface area contributed by atoms with E-state index in [2.05, 4.69) is 27.7 Å². The number of hydrogen-bond acceptors (Lipinski definition) is 4. The van der Waals surface area contributed by atoms with Crippen molar-refractivity contribution in [2.45, 2.75) is 31.5 Å². The first-order valence-electron chi connectivity index (χ1n) is 11.3. The van der Waals surface area contributed by atoms with Gasteiger partial charge in [0.1, 0.15) is 0 Å². The van der Waals surface area contributed by atoms with Crippen molar-refractivity contribution in [1.29, 1.82) is 0 Å². The van der Waals surface area contributed by atoms with Crippen LogP contribution in [0.4, 0.5) is 5.69 Å². The van der Waals surface area contributed by atoms with E-state index in [1.54, 1.807) is 0 Å². The maximum atomic E-state index is 13.3. The van der Waals surface area contributed by atoms with E-state index in [0.717, 1.165) is 37.1 Å². The van der Waals surface area contributed by atoms with Gasteiger partial charge in [0.05, 0.1) is 18.6 Å². The largest absolute Gasteiger partial charge is 0.480 e. The predicted molar refractivity (Wildman–Crippen MR) is 129 cm³/mol. The first kappa shape index (κ1) is 22.7. The maximum Gasteiger partial charge on any atom is 0.317 e. The van der Waals surface area contributed by atoms with Gasteiger partial charge in [0.25, 0.3) is 0 Å². The lowest BCUT2D eigenvalue weighted by Crippen LogP contribution is -2.39. The second-order valence-corrected chi connectivity index (χ2v) is 8.31. The number of carboxylic acids is 1. The fraction of sp³-hybridized carbons (Fsp3) is 0.259. The predicted octanol–water partition coefficient (Wildman–Crippen LogP) is 4.05. The van der Waals surface area contributed by atoms with Crippen LogP contribution in [0.25, 0.3) is 0 Å². The molecule has 1 heterocycles. The smallest absolute Gasteiger partial charge is 0.317 e. The normalized spacial score (nSPS) is 16.9. The molecule has 3 N–H and O–H groups in total. The van der Waals surface area contributed by atoms with Gasteiger partial charge in [-0.25, -0.2) is 0 Å². The van der Waals surface area contributed by atoms with E-state index in [1.165, 1.54) is 5.56 Å². The fourth-order valence-electron chi connectivity index (χ4n) is 4.45. The van der Waals surface area contributed by atoms with Crippen molar-refractivity contribution >= 4 is 17.6 Å². The summed E-state index contributed by atoms with van der Waals surface area (Å²) < 4.78 is 0. The molecule has 1 aliphatic rings. The van der Waals surface area contributed by atoms with Gasteiger partial charge in [-0.05, 0) is 42.1 Å². The highest BCUT2D eigenvalue weighted by Crippen LogP contribution is 2.29. The molecule has 0 aliphatic carbocycles. The van der Waals surface area contributed by atoms with Gasteiger partial charge in [-0.3, -0.25) is 19.8 Å². The van der Waals surface area contributed by atoms with Gasteiger partial charge in [0, 0.05) is 12.2 Å². The number of nitrogens with one attached hydrogen (secondary N) is 2. The molecule has 0 radical (unpaired) electrons. The molecule has 1 saturated heterocycles. The van der Waals surface area contributed by atoms with Crippen LogP contribution in [0, 0.1) is 0 Å². The van der Waals surface area contributed by atoms with Crippen LogP contribution in [-0.4, -0.2) is 41.0 Å². The summed E-state index contributed by atoms with van der Waals surface area (Å²) in [7, 11) is 0. The quantitative estimate of drug-likeness (QED) is 0.465. The number of para-hydroxylation sites is 1. The number of carboxylic acid groups (broad SMARTS) is 1. The molecule has 0 spiro atoms. The zero-order valence-electron chi connectivity index (χ0n) is 18.5. The van der Waals surface area contributed by atoms with E-state index >= 15 is 0 Å². The van der Waals surface area contributed by atoms with Crippen molar-refractivity contribution in [3.05, 3.63) is 102 Å². The highest BCUT2D eigenvalue weighted by molar-refractivity contribution is 5.95. The molecule has 0 aromatic heterocycles. The van der Waals surface area contributed by atoms with E-state index in [1.807, 2.05) is 72.8 Å². The molecule has 4 rings (SSSR count). The average molecular weight is 444 g/mol. The number of carbonyl (C=O) groups excluding carboxylic acids is 1. The summed E-state index contributed by atoms with van der Waals surface area (Å²) in [5, 5.41) is 15.5. The van der Waals surface area contributed by atoms with Crippen LogP contribution in [0.1, 0.15) is 35.6 Å². The van der Waals surface area contributed by atoms with Crippen LogP contribution in [0.5, 0.6) is 0 Å². The van der Waals surface area contributed by atoms with Crippen LogP contribution < -0.4 is 10.6 Å². The zero-order chi connectivity index (χ0) is 23.0. The number of likely N-dealkylation sites (tertiary alicyclic amines) is 1. The number of rotatable bonds is 9. The van der Waals surface area contributed by atoms with E-state index in [9.17, 15) is 14.7 Å². The first-order valence-corrected chi connectivity index (χ1v) is 11.3. The number of anilines is 1. The summed E-state index contributed by atoms with van der Waals surface area (Å²) in [5.74, 6) is -0.958. The van der Waals surface area contributed by atoms with Gasteiger partial charge in [-0.1, -0.05) is 78.9 Å². The summed E-state index contributed by atoms with van der Waals surface area (Å²) in [5.41, 5.74) is 3.67. The first-order chi connectivity index (χ1) is 16.1. The third kappa shape index (κ3) is 5.86. The summed E-state index contributed by atoms with van der Waals surface area (Å²) in [6.45, 7) is 1.45. The Labute approximate surface area is 194 Å². The monoisotopic (exact) mass is 443 g/mol. The number of benzene rings is 3. The van der Waals surface area contributed by atoms with Crippen molar-refractivity contribution in [2.24, 2.45) is 0 Å². The van der Waals surface area contributed by atoms with Crippen LogP contribution in [0.2, 0.25) is 0 Å². The molecule has 6 heteroatoms. The SMILES string of the molecule is O=C(O)CN[C@@H](c1ccccc1)c1ccccc1NC(=O)C1CCCN1Cc1ccccc1. The topological polar surface area (TPSA) is 81.7 Å². The molecule has 1 unspecified atom stereocenters. The van der Waals surface area contributed by atoms with Crippen LogP contribution in [0.3, 0.4) is 0 Å². The minimum atomic E-state index is -0.931. The Hall–Kier alpha value is -3.48. The molecule has 33 heavy (non-hydrogen) atoms. The Kier molecular flexibility index (Phi) is 7.50. The number of hydrogen-bond donors (Lipinski definition) is 3. The fourth-order valence-corrected chi connectivity index (χ4v) is 4.45. The van der Waals surface area contributed by atoms with Crippen molar-refractivity contribution in [3.8, 4) is 0 Å². The maximum absolute atomic E-state index is 13.3. The Morgan fingerprint density at radius 1 is 0.939 bits per heavy atom. The third-order valence-electron chi connectivity index (χ3n) is 6.01. The van der Waals surface area contributed by atoms with Gasteiger partial charge < -0.3 is 10.4 Å². The summed E-state index contributed by atoms with van der Waals surface area (Å²) in [6.07, 6.45) is 1.81. The van der Waals surface area contributed by atoms with Crippen molar-refractivity contribution < 1.29 is 14.7 Å². The van der Waals surface area contributed by atoms with Gasteiger partial charge in [-0.2, -0.15) is 0 Å². The molecule has 3 aromatic rings.